The van der Waals surface area contributed by atoms with E-state index < -0.39 is 0 Å². The Morgan fingerprint density at radius 3 is 2.23 bits per heavy atom. The van der Waals surface area contributed by atoms with Gasteiger partial charge in [0.1, 0.15) is 0 Å². The Bertz CT molecular complexity index is 717. The van der Waals surface area contributed by atoms with Gasteiger partial charge in [-0.3, -0.25) is 4.99 Å². The summed E-state index contributed by atoms with van der Waals surface area (Å²) in [6.07, 6.45) is 0.885. The van der Waals surface area contributed by atoms with Crippen molar-refractivity contribution in [3.8, 4) is 11.5 Å². The lowest BCUT2D eigenvalue weighted by Crippen LogP contribution is -2.14. The van der Waals surface area contributed by atoms with Crippen LogP contribution in [0.15, 0.2) is 41.4 Å². The molecule has 114 valence electrons. The summed E-state index contributed by atoms with van der Waals surface area (Å²) in [6.45, 7) is 4.16. The van der Waals surface area contributed by atoms with Gasteiger partial charge in [0.25, 0.3) is 0 Å². The Labute approximate surface area is 131 Å². The Hall–Kier alpha value is -2.29. The molecule has 1 aliphatic heterocycles. The van der Waals surface area contributed by atoms with E-state index in [2.05, 4.69) is 44.2 Å². The molecule has 3 heteroatoms. The quantitative estimate of drug-likeness (QED) is 0.853. The monoisotopic (exact) mass is 295 g/mol. The van der Waals surface area contributed by atoms with E-state index in [9.17, 15) is 0 Å². The van der Waals surface area contributed by atoms with Gasteiger partial charge in [-0.25, -0.2) is 0 Å². The molecule has 0 bridgehead atoms. The van der Waals surface area contributed by atoms with E-state index in [0.717, 1.165) is 29.2 Å². The van der Waals surface area contributed by atoms with Gasteiger partial charge in [-0.1, -0.05) is 29.8 Å². The molecule has 22 heavy (non-hydrogen) atoms. The van der Waals surface area contributed by atoms with Crippen LogP contribution in [0.1, 0.15) is 35.2 Å². The molecule has 0 saturated carbocycles. The average molecular weight is 295 g/mol. The largest absolute Gasteiger partial charge is 0.493 e. The fourth-order valence-electron chi connectivity index (χ4n) is 2.97. The summed E-state index contributed by atoms with van der Waals surface area (Å²) >= 11 is 0. The first-order chi connectivity index (χ1) is 10.6. The highest BCUT2D eigenvalue weighted by Crippen LogP contribution is 2.36. The number of hydrogen-bond donors (Lipinski definition) is 0. The van der Waals surface area contributed by atoms with Crippen molar-refractivity contribution in [3.63, 3.8) is 0 Å². The molecular weight excluding hydrogens is 274 g/mol. The van der Waals surface area contributed by atoms with Crippen molar-refractivity contribution < 1.29 is 9.47 Å². The number of methoxy groups -OCH3 is 2. The van der Waals surface area contributed by atoms with Crippen LogP contribution in [-0.4, -0.2) is 19.9 Å². The number of hydrogen-bond acceptors (Lipinski definition) is 3. The third kappa shape index (κ3) is 2.59. The zero-order valence-electron chi connectivity index (χ0n) is 13.5. The predicted octanol–water partition coefficient (Wildman–Crippen LogP) is 4.12. The highest BCUT2D eigenvalue weighted by atomic mass is 16.5. The maximum atomic E-state index is 5.43. The number of ether oxygens (including phenoxy) is 2. The molecule has 0 aliphatic carbocycles. The summed E-state index contributed by atoms with van der Waals surface area (Å²) in [4.78, 5) is 4.87. The fourth-order valence-corrected chi connectivity index (χ4v) is 2.97. The minimum absolute atomic E-state index is 0.172. The molecule has 0 fully saturated rings. The molecule has 0 radical (unpaired) electrons. The minimum atomic E-state index is 0.172. The normalized spacial score (nSPS) is 16.7. The molecular formula is C19H21NO2. The smallest absolute Gasteiger partial charge is 0.161 e. The van der Waals surface area contributed by atoms with Gasteiger partial charge in [0.05, 0.1) is 20.3 Å². The molecule has 1 atom stereocenters. The van der Waals surface area contributed by atoms with Crippen molar-refractivity contribution in [1.29, 1.82) is 0 Å². The van der Waals surface area contributed by atoms with Crippen LogP contribution in [-0.2, 0) is 6.42 Å². The van der Waals surface area contributed by atoms with Gasteiger partial charge in [-0.2, -0.15) is 0 Å². The highest BCUT2D eigenvalue weighted by molar-refractivity contribution is 6.01. The third-order valence-corrected chi connectivity index (χ3v) is 4.22. The molecule has 1 heterocycles. The Balaban J connectivity index is 2.01. The lowest BCUT2D eigenvalue weighted by molar-refractivity contribution is 0.354. The first-order valence-corrected chi connectivity index (χ1v) is 7.48. The second-order valence-corrected chi connectivity index (χ2v) is 5.71. The van der Waals surface area contributed by atoms with Gasteiger partial charge in [0.2, 0.25) is 0 Å². The minimum Gasteiger partial charge on any atom is -0.493 e. The van der Waals surface area contributed by atoms with Gasteiger partial charge in [0.15, 0.2) is 11.5 Å². The maximum Gasteiger partial charge on any atom is 0.161 e. The van der Waals surface area contributed by atoms with Crippen LogP contribution >= 0.6 is 0 Å². The molecule has 0 amide bonds. The topological polar surface area (TPSA) is 30.8 Å². The molecule has 0 spiro atoms. The van der Waals surface area contributed by atoms with Crippen molar-refractivity contribution in [1.82, 2.24) is 0 Å². The van der Waals surface area contributed by atoms with E-state index in [1.807, 2.05) is 6.07 Å². The average Bonchev–Trinajstić information content (AvgIpc) is 2.54. The van der Waals surface area contributed by atoms with Gasteiger partial charge >= 0.3 is 0 Å². The van der Waals surface area contributed by atoms with Gasteiger partial charge in [0, 0.05) is 11.3 Å². The lowest BCUT2D eigenvalue weighted by atomic mass is 9.90. The zero-order chi connectivity index (χ0) is 15.7. The lowest BCUT2D eigenvalue weighted by Gasteiger charge is -2.24. The van der Waals surface area contributed by atoms with Crippen LogP contribution in [0.4, 0.5) is 0 Å². The van der Waals surface area contributed by atoms with Crippen LogP contribution in [0.2, 0.25) is 0 Å². The third-order valence-electron chi connectivity index (χ3n) is 4.22. The summed E-state index contributed by atoms with van der Waals surface area (Å²) in [5.41, 5.74) is 5.99. The molecule has 3 nitrogen and oxygen atoms in total. The predicted molar refractivity (Wildman–Crippen MR) is 89.4 cm³/mol. The number of nitrogens with zero attached hydrogens (tertiary/aromatic N) is 1. The van der Waals surface area contributed by atoms with Crippen LogP contribution in [0, 0.1) is 6.92 Å². The van der Waals surface area contributed by atoms with Crippen LogP contribution < -0.4 is 9.47 Å². The summed E-state index contributed by atoms with van der Waals surface area (Å²) in [6, 6.07) is 12.9. The van der Waals surface area contributed by atoms with E-state index in [0.29, 0.717) is 0 Å². The van der Waals surface area contributed by atoms with Crippen molar-refractivity contribution in [2.45, 2.75) is 26.3 Å². The van der Waals surface area contributed by atoms with Crippen molar-refractivity contribution in [2.24, 2.45) is 4.99 Å². The van der Waals surface area contributed by atoms with Crippen LogP contribution in [0.5, 0.6) is 11.5 Å². The fraction of sp³-hybridized carbons (Fsp3) is 0.316. The molecule has 0 aromatic heterocycles. The van der Waals surface area contributed by atoms with Gasteiger partial charge < -0.3 is 9.47 Å². The van der Waals surface area contributed by atoms with Crippen molar-refractivity contribution >= 4 is 5.71 Å². The standard InChI is InChI=1S/C19H21NO2/c1-12-5-7-14(8-6-12)17-9-15-10-18(21-3)19(22-4)11-16(15)13(2)20-17/h5-8,10-11,17H,9H2,1-4H3. The highest BCUT2D eigenvalue weighted by Gasteiger charge is 2.22. The Morgan fingerprint density at radius 1 is 0.955 bits per heavy atom. The first-order valence-electron chi connectivity index (χ1n) is 7.48. The van der Waals surface area contributed by atoms with Crippen molar-refractivity contribution in [2.75, 3.05) is 14.2 Å². The van der Waals surface area contributed by atoms with Gasteiger partial charge in [-0.05, 0) is 43.5 Å². The van der Waals surface area contributed by atoms with E-state index in [1.54, 1.807) is 14.2 Å². The van der Waals surface area contributed by atoms with Gasteiger partial charge in [-0.15, -0.1) is 0 Å². The number of aryl methyl sites for hydroxylation is 1. The second kappa shape index (κ2) is 5.84. The molecule has 3 rings (SSSR count). The van der Waals surface area contributed by atoms with E-state index in [-0.39, 0.29) is 6.04 Å². The van der Waals surface area contributed by atoms with Crippen LogP contribution in [0.25, 0.3) is 0 Å². The molecule has 2 aromatic carbocycles. The number of aliphatic imine (C=N–C) groups is 1. The number of benzene rings is 2. The Kier molecular flexibility index (Phi) is 3.88. The molecule has 0 N–H and O–H groups in total. The summed E-state index contributed by atoms with van der Waals surface area (Å²) in [5, 5.41) is 0. The Morgan fingerprint density at radius 2 is 1.59 bits per heavy atom. The second-order valence-electron chi connectivity index (χ2n) is 5.71. The SMILES string of the molecule is COc1cc2c(cc1OC)C(C)=NC(c1ccc(C)cc1)C2. The number of rotatable bonds is 3. The van der Waals surface area contributed by atoms with Crippen molar-refractivity contribution in [3.05, 3.63) is 58.7 Å². The molecule has 1 unspecified atom stereocenters. The van der Waals surface area contributed by atoms with E-state index in [4.69, 9.17) is 14.5 Å². The van der Waals surface area contributed by atoms with E-state index in [1.165, 1.54) is 16.7 Å². The molecule has 1 aliphatic rings. The summed E-state index contributed by atoms with van der Waals surface area (Å²) < 4.78 is 10.8. The maximum absolute atomic E-state index is 5.43. The molecule has 0 saturated heterocycles. The zero-order valence-corrected chi connectivity index (χ0v) is 13.5. The summed E-state index contributed by atoms with van der Waals surface area (Å²) in [7, 11) is 3.33. The van der Waals surface area contributed by atoms with Crippen LogP contribution in [0.3, 0.4) is 0 Å². The van der Waals surface area contributed by atoms with E-state index >= 15 is 0 Å². The molecule has 2 aromatic rings. The summed E-state index contributed by atoms with van der Waals surface area (Å²) in [5.74, 6) is 1.53. The number of fused-ring (bicyclic) bond motifs is 1. The first kappa shape index (κ1) is 14.6.